The van der Waals surface area contributed by atoms with Crippen LogP contribution in [-0.4, -0.2) is 38.6 Å². The molecule has 2 atom stereocenters. The van der Waals surface area contributed by atoms with Gasteiger partial charge in [-0.1, -0.05) is 12.8 Å². The summed E-state index contributed by atoms with van der Waals surface area (Å²) < 4.78 is 1.26. The number of aromatic nitrogens is 3. The first-order chi connectivity index (χ1) is 12.9. The van der Waals surface area contributed by atoms with E-state index in [1.165, 1.54) is 37.3 Å². The molecule has 2 heterocycles. The number of fused-ring (bicyclic) bond motifs is 1. The number of hydrogen-bond donors (Lipinski definition) is 3. The largest absolute Gasteiger partial charge is 0.348 e. The lowest BCUT2D eigenvalue weighted by Gasteiger charge is -2.39. The fourth-order valence-electron chi connectivity index (χ4n) is 4.16. The van der Waals surface area contributed by atoms with E-state index in [1.54, 1.807) is 13.0 Å². The minimum atomic E-state index is -0.583. The molecular weight excluding hydrogens is 346 g/mol. The van der Waals surface area contributed by atoms with Crippen molar-refractivity contribution in [3.8, 4) is 0 Å². The van der Waals surface area contributed by atoms with Crippen LogP contribution in [0.3, 0.4) is 0 Å². The average Bonchev–Trinajstić information content (AvgIpc) is 3.13. The van der Waals surface area contributed by atoms with Crippen LogP contribution in [0.2, 0.25) is 0 Å². The Labute approximate surface area is 156 Å². The van der Waals surface area contributed by atoms with Crippen molar-refractivity contribution in [2.24, 2.45) is 7.05 Å². The number of nitrogens with zero attached hydrogens (tertiary/aromatic N) is 2. The Morgan fingerprint density at radius 3 is 2.56 bits per heavy atom. The Morgan fingerprint density at radius 1 is 1.19 bits per heavy atom. The number of aryl methyl sites for hydroxylation is 2. The second-order valence-corrected chi connectivity index (χ2v) is 7.74. The third-order valence-electron chi connectivity index (χ3n) is 5.84. The molecule has 0 saturated heterocycles. The number of rotatable bonds is 4. The highest BCUT2D eigenvalue weighted by molar-refractivity contribution is 6.05. The van der Waals surface area contributed by atoms with Crippen LogP contribution in [0.15, 0.2) is 15.7 Å². The van der Waals surface area contributed by atoms with Crippen molar-refractivity contribution in [2.45, 2.75) is 63.6 Å². The van der Waals surface area contributed by atoms with Gasteiger partial charge in [0.1, 0.15) is 5.65 Å². The van der Waals surface area contributed by atoms with Gasteiger partial charge in [0.05, 0.1) is 10.9 Å². The van der Waals surface area contributed by atoms with Crippen LogP contribution >= 0.6 is 0 Å². The minimum absolute atomic E-state index is 0.0632. The number of amides is 1. The van der Waals surface area contributed by atoms with Crippen molar-refractivity contribution in [3.63, 3.8) is 0 Å². The molecule has 0 unspecified atom stereocenters. The summed E-state index contributed by atoms with van der Waals surface area (Å²) in [6.07, 6.45) is 6.92. The molecule has 2 fully saturated rings. The van der Waals surface area contributed by atoms with Gasteiger partial charge in [-0.2, -0.15) is 0 Å². The summed E-state index contributed by atoms with van der Waals surface area (Å²) >= 11 is 0. The summed E-state index contributed by atoms with van der Waals surface area (Å²) in [5.41, 5.74) is -0.0525. The third-order valence-corrected chi connectivity index (χ3v) is 5.84. The third kappa shape index (κ3) is 3.29. The van der Waals surface area contributed by atoms with Gasteiger partial charge >= 0.3 is 5.69 Å². The number of aromatic amines is 1. The van der Waals surface area contributed by atoms with E-state index in [9.17, 15) is 14.4 Å². The Morgan fingerprint density at radius 2 is 1.89 bits per heavy atom. The lowest BCUT2D eigenvalue weighted by molar-refractivity contribution is 0.0890. The zero-order valence-corrected chi connectivity index (χ0v) is 15.7. The second-order valence-electron chi connectivity index (χ2n) is 7.74. The van der Waals surface area contributed by atoms with E-state index in [4.69, 9.17) is 0 Å². The van der Waals surface area contributed by atoms with Gasteiger partial charge in [0.2, 0.25) is 0 Å². The summed E-state index contributed by atoms with van der Waals surface area (Å²) in [4.78, 5) is 43.7. The predicted molar refractivity (Wildman–Crippen MR) is 102 cm³/mol. The maximum atomic E-state index is 12.9. The van der Waals surface area contributed by atoms with E-state index in [-0.39, 0.29) is 34.6 Å². The topological polar surface area (TPSA) is 109 Å². The predicted octanol–water partition coefficient (Wildman–Crippen LogP) is 0.723. The fourth-order valence-corrected chi connectivity index (χ4v) is 4.16. The van der Waals surface area contributed by atoms with Crippen molar-refractivity contribution in [3.05, 3.63) is 38.2 Å². The van der Waals surface area contributed by atoms with Crippen LogP contribution in [0.4, 0.5) is 0 Å². The van der Waals surface area contributed by atoms with E-state index >= 15 is 0 Å². The molecule has 2 aromatic rings. The first kappa shape index (κ1) is 17.9. The van der Waals surface area contributed by atoms with Gasteiger partial charge in [-0.25, -0.2) is 9.78 Å². The summed E-state index contributed by atoms with van der Waals surface area (Å²) in [5, 5.41) is 6.88. The van der Waals surface area contributed by atoms with Crippen molar-refractivity contribution in [1.82, 2.24) is 25.2 Å². The van der Waals surface area contributed by atoms with E-state index in [0.29, 0.717) is 11.7 Å². The van der Waals surface area contributed by atoms with Crippen LogP contribution in [0.1, 0.15) is 54.6 Å². The lowest BCUT2D eigenvalue weighted by Crippen LogP contribution is -2.58. The molecule has 2 saturated carbocycles. The maximum absolute atomic E-state index is 12.9. The quantitative estimate of drug-likeness (QED) is 0.734. The normalized spacial score (nSPS) is 22.7. The molecule has 2 aromatic heterocycles. The van der Waals surface area contributed by atoms with E-state index < -0.39 is 11.2 Å². The van der Waals surface area contributed by atoms with Crippen molar-refractivity contribution in [2.75, 3.05) is 0 Å². The average molecular weight is 371 g/mol. The summed E-state index contributed by atoms with van der Waals surface area (Å²) in [5.74, 6) is -0.294. The molecule has 2 aliphatic carbocycles. The fraction of sp³-hybridized carbons (Fsp3) is 0.579. The zero-order chi connectivity index (χ0) is 19.1. The number of nitrogens with one attached hydrogen (secondary N) is 3. The van der Waals surface area contributed by atoms with Crippen LogP contribution in [-0.2, 0) is 7.05 Å². The molecule has 27 heavy (non-hydrogen) atoms. The van der Waals surface area contributed by atoms with Gasteiger partial charge in [-0.05, 0) is 38.7 Å². The van der Waals surface area contributed by atoms with Crippen molar-refractivity contribution >= 4 is 16.9 Å². The zero-order valence-electron chi connectivity index (χ0n) is 15.7. The highest BCUT2D eigenvalue weighted by Crippen LogP contribution is 2.25. The SMILES string of the molecule is Cc1cc(C(=O)N[C@H]2CC[C@H]2NC2CCCC2)c2c(=O)[nH]c(=O)n(C)c2n1. The second kappa shape index (κ2) is 6.92. The summed E-state index contributed by atoms with van der Waals surface area (Å²) in [7, 11) is 1.53. The molecular formula is C19H25N5O3. The van der Waals surface area contributed by atoms with Crippen LogP contribution in [0.5, 0.6) is 0 Å². The van der Waals surface area contributed by atoms with Gasteiger partial charge in [-0.3, -0.25) is 19.1 Å². The van der Waals surface area contributed by atoms with E-state index in [2.05, 4.69) is 20.6 Å². The summed E-state index contributed by atoms with van der Waals surface area (Å²) in [6, 6.07) is 2.51. The Hall–Kier alpha value is -2.48. The molecule has 0 aliphatic heterocycles. The van der Waals surface area contributed by atoms with Crippen molar-refractivity contribution in [1.29, 1.82) is 0 Å². The molecule has 0 radical (unpaired) electrons. The van der Waals surface area contributed by atoms with E-state index in [1.807, 2.05) is 0 Å². The lowest BCUT2D eigenvalue weighted by atomic mass is 9.85. The van der Waals surface area contributed by atoms with Gasteiger partial charge in [-0.15, -0.1) is 0 Å². The van der Waals surface area contributed by atoms with Crippen LogP contribution in [0.25, 0.3) is 11.0 Å². The molecule has 3 N–H and O–H groups in total. The Balaban J connectivity index is 1.60. The number of hydrogen-bond acceptors (Lipinski definition) is 5. The van der Waals surface area contributed by atoms with Gasteiger partial charge < -0.3 is 10.6 Å². The highest BCUT2D eigenvalue weighted by Gasteiger charge is 2.34. The molecule has 2 aliphatic rings. The monoisotopic (exact) mass is 371 g/mol. The molecule has 0 bridgehead atoms. The number of carbonyl (C=O) groups is 1. The molecule has 4 rings (SSSR count). The van der Waals surface area contributed by atoms with Crippen molar-refractivity contribution < 1.29 is 4.79 Å². The first-order valence-corrected chi connectivity index (χ1v) is 9.61. The molecule has 8 nitrogen and oxygen atoms in total. The smallest absolute Gasteiger partial charge is 0.329 e. The first-order valence-electron chi connectivity index (χ1n) is 9.61. The maximum Gasteiger partial charge on any atom is 0.329 e. The van der Waals surface area contributed by atoms with Crippen LogP contribution < -0.4 is 21.9 Å². The van der Waals surface area contributed by atoms with Gasteiger partial charge in [0.15, 0.2) is 0 Å². The Bertz CT molecular complexity index is 1000. The van der Waals surface area contributed by atoms with E-state index in [0.717, 1.165) is 12.8 Å². The highest BCUT2D eigenvalue weighted by atomic mass is 16.2. The molecule has 1 amide bonds. The number of carbonyl (C=O) groups excluding carboxylic acids is 1. The van der Waals surface area contributed by atoms with Gasteiger partial charge in [0.25, 0.3) is 11.5 Å². The van der Waals surface area contributed by atoms with Crippen LogP contribution in [0, 0.1) is 6.92 Å². The standard InChI is InChI=1S/C19H25N5O3/c1-10-9-12(15-16(20-10)24(2)19(27)23-18(15)26)17(25)22-14-8-7-13(14)21-11-5-3-4-6-11/h9,11,13-14,21H,3-8H2,1-2H3,(H,22,25)(H,23,26,27)/t13-,14+/m1/s1. The summed E-state index contributed by atoms with van der Waals surface area (Å²) in [6.45, 7) is 1.75. The molecule has 0 spiro atoms. The molecule has 0 aromatic carbocycles. The Kier molecular flexibility index (Phi) is 4.59. The number of H-pyrrole nitrogens is 1. The molecule has 144 valence electrons. The molecule has 8 heteroatoms. The number of pyridine rings is 1. The minimum Gasteiger partial charge on any atom is -0.348 e. The van der Waals surface area contributed by atoms with Gasteiger partial charge in [0, 0.05) is 30.9 Å².